The van der Waals surface area contributed by atoms with E-state index in [2.05, 4.69) is 4.98 Å². The fraction of sp³-hybridized carbons (Fsp3) is 0. The van der Waals surface area contributed by atoms with E-state index in [0.29, 0.717) is 11.1 Å². The van der Waals surface area contributed by atoms with E-state index in [-0.39, 0.29) is 0 Å². The second-order valence-electron chi connectivity index (χ2n) is 4.82. The number of carbonyl (C=O) groups excluding carboxylic acids is 2. The van der Waals surface area contributed by atoms with Gasteiger partial charge in [0.2, 0.25) is 11.6 Å². The van der Waals surface area contributed by atoms with Crippen LogP contribution in [0.15, 0.2) is 79.0 Å². The van der Waals surface area contributed by atoms with E-state index < -0.39 is 11.6 Å². The van der Waals surface area contributed by atoms with Crippen LogP contribution in [-0.2, 0) is 0 Å². The standard InChI is InChI=1S/C19H13NO2/c21-18(14-7-2-1-3-8-14)19(22)16-10-6-9-15(13-16)17-11-4-5-12-20-17/h1-13H. The maximum absolute atomic E-state index is 12.4. The third kappa shape index (κ3) is 2.83. The van der Waals surface area contributed by atoms with Crippen molar-refractivity contribution in [2.24, 2.45) is 0 Å². The van der Waals surface area contributed by atoms with Crippen molar-refractivity contribution in [1.82, 2.24) is 4.98 Å². The quantitative estimate of drug-likeness (QED) is 0.541. The molecule has 0 amide bonds. The van der Waals surface area contributed by atoms with Crippen molar-refractivity contribution in [2.75, 3.05) is 0 Å². The number of Topliss-reactive ketones (excluding diaryl/α,β-unsaturated/α-hetero) is 2. The minimum Gasteiger partial charge on any atom is -0.285 e. The molecule has 0 aliphatic carbocycles. The van der Waals surface area contributed by atoms with Crippen LogP contribution in [0.1, 0.15) is 20.7 Å². The van der Waals surface area contributed by atoms with Crippen molar-refractivity contribution in [3.05, 3.63) is 90.1 Å². The molecule has 1 aromatic heterocycles. The van der Waals surface area contributed by atoms with Gasteiger partial charge in [-0.15, -0.1) is 0 Å². The lowest BCUT2D eigenvalue weighted by Crippen LogP contribution is -2.14. The molecule has 3 nitrogen and oxygen atoms in total. The number of pyridine rings is 1. The molecule has 0 radical (unpaired) electrons. The Labute approximate surface area is 128 Å². The summed E-state index contributed by atoms with van der Waals surface area (Å²) in [4.78, 5) is 28.8. The maximum Gasteiger partial charge on any atom is 0.233 e. The fourth-order valence-electron chi connectivity index (χ4n) is 2.20. The highest BCUT2D eigenvalue weighted by Crippen LogP contribution is 2.19. The Hall–Kier alpha value is -3.07. The van der Waals surface area contributed by atoms with Crippen LogP contribution in [0.4, 0.5) is 0 Å². The van der Waals surface area contributed by atoms with Gasteiger partial charge in [0.05, 0.1) is 5.69 Å². The Balaban J connectivity index is 1.93. The summed E-state index contributed by atoms with van der Waals surface area (Å²) in [6.45, 7) is 0. The number of hydrogen-bond acceptors (Lipinski definition) is 3. The highest BCUT2D eigenvalue weighted by Gasteiger charge is 2.18. The second-order valence-corrected chi connectivity index (χ2v) is 4.82. The van der Waals surface area contributed by atoms with Gasteiger partial charge in [0.25, 0.3) is 0 Å². The topological polar surface area (TPSA) is 47.0 Å². The van der Waals surface area contributed by atoms with Gasteiger partial charge >= 0.3 is 0 Å². The van der Waals surface area contributed by atoms with E-state index in [4.69, 9.17) is 0 Å². The lowest BCUT2D eigenvalue weighted by atomic mass is 9.99. The minimum absolute atomic E-state index is 0.372. The van der Waals surface area contributed by atoms with Crippen molar-refractivity contribution in [2.45, 2.75) is 0 Å². The zero-order valence-corrected chi connectivity index (χ0v) is 11.8. The van der Waals surface area contributed by atoms with Crippen LogP contribution in [0.5, 0.6) is 0 Å². The third-order valence-electron chi connectivity index (χ3n) is 3.33. The van der Waals surface area contributed by atoms with Crippen LogP contribution in [0.3, 0.4) is 0 Å². The van der Waals surface area contributed by atoms with Crippen molar-refractivity contribution in [3.63, 3.8) is 0 Å². The summed E-state index contributed by atoms with van der Waals surface area (Å²) < 4.78 is 0. The van der Waals surface area contributed by atoms with Gasteiger partial charge in [0.15, 0.2) is 0 Å². The Kier molecular flexibility index (Phi) is 3.88. The highest BCUT2D eigenvalue weighted by molar-refractivity contribution is 6.49. The van der Waals surface area contributed by atoms with Gasteiger partial charge in [-0.1, -0.05) is 54.6 Å². The van der Waals surface area contributed by atoms with Gasteiger partial charge in [-0.2, -0.15) is 0 Å². The van der Waals surface area contributed by atoms with Crippen LogP contribution in [0.25, 0.3) is 11.3 Å². The molecule has 0 unspecified atom stereocenters. The molecule has 1 heterocycles. The molecule has 0 spiro atoms. The van der Waals surface area contributed by atoms with Crippen LogP contribution < -0.4 is 0 Å². The number of benzene rings is 2. The van der Waals surface area contributed by atoms with E-state index in [9.17, 15) is 9.59 Å². The average molecular weight is 287 g/mol. The molecule has 0 bridgehead atoms. The lowest BCUT2D eigenvalue weighted by Gasteiger charge is -2.04. The van der Waals surface area contributed by atoms with Crippen LogP contribution in [0, 0.1) is 0 Å². The molecule has 0 saturated carbocycles. The number of aromatic nitrogens is 1. The molecule has 22 heavy (non-hydrogen) atoms. The van der Waals surface area contributed by atoms with Crippen molar-refractivity contribution in [3.8, 4) is 11.3 Å². The predicted octanol–water partition coefficient (Wildman–Crippen LogP) is 3.81. The molecule has 2 aromatic carbocycles. The predicted molar refractivity (Wildman–Crippen MR) is 84.8 cm³/mol. The summed E-state index contributed by atoms with van der Waals surface area (Å²) in [5, 5.41) is 0. The Morgan fingerprint density at radius 3 is 2.09 bits per heavy atom. The van der Waals surface area contributed by atoms with Gasteiger partial charge in [-0.05, 0) is 18.2 Å². The first-order valence-electron chi connectivity index (χ1n) is 6.91. The zero-order chi connectivity index (χ0) is 15.4. The number of hydrogen-bond donors (Lipinski definition) is 0. The molecule has 0 aliphatic rings. The summed E-state index contributed by atoms with van der Waals surface area (Å²) in [5.74, 6) is -1.01. The van der Waals surface area contributed by atoms with E-state index in [0.717, 1.165) is 11.3 Å². The first-order valence-corrected chi connectivity index (χ1v) is 6.91. The SMILES string of the molecule is O=C(C(=O)c1cccc(-c2ccccn2)c1)c1ccccc1. The number of nitrogens with zero attached hydrogens (tertiary/aromatic N) is 1. The zero-order valence-electron chi connectivity index (χ0n) is 11.8. The highest BCUT2D eigenvalue weighted by atomic mass is 16.2. The number of ketones is 2. The largest absolute Gasteiger partial charge is 0.285 e. The summed E-state index contributed by atoms with van der Waals surface area (Å²) in [6, 6.07) is 21.1. The molecule has 0 N–H and O–H groups in total. The molecular formula is C19H13NO2. The molecular weight excluding hydrogens is 274 g/mol. The molecule has 0 aliphatic heterocycles. The molecule has 3 heteroatoms. The lowest BCUT2D eigenvalue weighted by molar-refractivity contribution is 0.0817. The molecule has 0 atom stereocenters. The Morgan fingerprint density at radius 1 is 0.682 bits per heavy atom. The van der Waals surface area contributed by atoms with Crippen LogP contribution in [-0.4, -0.2) is 16.6 Å². The normalized spacial score (nSPS) is 10.2. The summed E-state index contributed by atoms with van der Waals surface area (Å²) in [5.41, 5.74) is 2.35. The third-order valence-corrected chi connectivity index (χ3v) is 3.33. The number of carbonyl (C=O) groups is 2. The van der Waals surface area contributed by atoms with Crippen LogP contribution >= 0.6 is 0 Å². The van der Waals surface area contributed by atoms with Gasteiger partial charge in [0, 0.05) is 22.9 Å². The molecule has 0 fully saturated rings. The van der Waals surface area contributed by atoms with Gasteiger partial charge < -0.3 is 0 Å². The Morgan fingerprint density at radius 2 is 1.36 bits per heavy atom. The first kappa shape index (κ1) is 13.9. The molecule has 0 saturated heterocycles. The fourth-order valence-corrected chi connectivity index (χ4v) is 2.20. The van der Waals surface area contributed by atoms with Gasteiger partial charge in [0.1, 0.15) is 0 Å². The summed E-state index contributed by atoms with van der Waals surface area (Å²) >= 11 is 0. The van der Waals surface area contributed by atoms with E-state index in [1.165, 1.54) is 0 Å². The van der Waals surface area contributed by atoms with Crippen LogP contribution in [0.2, 0.25) is 0 Å². The smallest absolute Gasteiger partial charge is 0.233 e. The summed E-state index contributed by atoms with van der Waals surface area (Å²) in [7, 11) is 0. The molecule has 106 valence electrons. The number of rotatable bonds is 4. The van der Waals surface area contributed by atoms with Gasteiger partial charge in [-0.3, -0.25) is 14.6 Å². The molecule has 3 aromatic rings. The first-order chi connectivity index (χ1) is 10.8. The minimum atomic E-state index is -0.510. The van der Waals surface area contributed by atoms with E-state index in [1.54, 1.807) is 48.7 Å². The van der Waals surface area contributed by atoms with Crippen molar-refractivity contribution < 1.29 is 9.59 Å². The second kappa shape index (κ2) is 6.14. The van der Waals surface area contributed by atoms with Gasteiger partial charge in [-0.25, -0.2) is 0 Å². The van der Waals surface area contributed by atoms with E-state index >= 15 is 0 Å². The van der Waals surface area contributed by atoms with Crippen molar-refractivity contribution >= 4 is 11.6 Å². The monoisotopic (exact) mass is 287 g/mol. The average Bonchev–Trinajstić information content (AvgIpc) is 2.62. The van der Waals surface area contributed by atoms with E-state index in [1.807, 2.05) is 30.3 Å². The molecule has 3 rings (SSSR count). The summed E-state index contributed by atoms with van der Waals surface area (Å²) in [6.07, 6.45) is 1.69. The van der Waals surface area contributed by atoms with Crippen molar-refractivity contribution in [1.29, 1.82) is 0 Å². The maximum atomic E-state index is 12.4. The Bertz CT molecular complexity index is 811.